The molecule has 2 rings (SSSR count). The lowest BCUT2D eigenvalue weighted by atomic mass is 9.92. The number of hydrogen-bond acceptors (Lipinski definition) is 3. The van der Waals surface area contributed by atoms with Gasteiger partial charge >= 0.3 is 0 Å². The minimum Gasteiger partial charge on any atom is -0.379 e. The second-order valence-corrected chi connectivity index (χ2v) is 5.82. The van der Waals surface area contributed by atoms with Gasteiger partial charge in [0.2, 0.25) is 0 Å². The van der Waals surface area contributed by atoms with Gasteiger partial charge in [-0.05, 0) is 30.2 Å². The number of rotatable bonds is 5. The average molecular weight is 287 g/mol. The largest absolute Gasteiger partial charge is 0.379 e. The van der Waals surface area contributed by atoms with Crippen LogP contribution in [0.2, 0.25) is 5.02 Å². The maximum absolute atomic E-state index is 13.3. The SMILES string of the molecule is CC(C)C1(CNc2cc(Cl)c(F)cc2[N+](=O)[O-])CC1. The number of nitrogens with one attached hydrogen (secondary N) is 1. The first-order valence-electron chi connectivity index (χ1n) is 6.23. The van der Waals surface area contributed by atoms with Gasteiger partial charge in [0, 0.05) is 6.54 Å². The van der Waals surface area contributed by atoms with E-state index in [2.05, 4.69) is 19.2 Å². The van der Waals surface area contributed by atoms with Gasteiger partial charge in [0.1, 0.15) is 11.5 Å². The highest BCUT2D eigenvalue weighted by Crippen LogP contribution is 2.52. The number of hydrogen-bond donors (Lipinski definition) is 1. The third-order valence-corrected chi connectivity index (χ3v) is 4.27. The highest BCUT2D eigenvalue weighted by molar-refractivity contribution is 6.31. The summed E-state index contributed by atoms with van der Waals surface area (Å²) in [5.41, 5.74) is 0.208. The highest BCUT2D eigenvalue weighted by Gasteiger charge is 2.45. The monoisotopic (exact) mass is 286 g/mol. The van der Waals surface area contributed by atoms with Crippen molar-refractivity contribution in [2.75, 3.05) is 11.9 Å². The maximum atomic E-state index is 13.3. The molecule has 0 aliphatic heterocycles. The van der Waals surface area contributed by atoms with Crippen LogP contribution in [0.1, 0.15) is 26.7 Å². The summed E-state index contributed by atoms with van der Waals surface area (Å²) >= 11 is 5.68. The molecule has 104 valence electrons. The second-order valence-electron chi connectivity index (χ2n) is 5.41. The molecule has 1 aromatic rings. The average Bonchev–Trinajstić information content (AvgIpc) is 3.11. The topological polar surface area (TPSA) is 55.2 Å². The molecular weight excluding hydrogens is 271 g/mol. The zero-order valence-corrected chi connectivity index (χ0v) is 11.6. The summed E-state index contributed by atoms with van der Waals surface area (Å²) in [7, 11) is 0. The predicted molar refractivity (Wildman–Crippen MR) is 73.1 cm³/mol. The van der Waals surface area contributed by atoms with E-state index in [1.807, 2.05) is 0 Å². The molecule has 1 N–H and O–H groups in total. The first kappa shape index (κ1) is 14.1. The van der Waals surface area contributed by atoms with Crippen molar-refractivity contribution in [3.05, 3.63) is 33.1 Å². The third-order valence-electron chi connectivity index (χ3n) is 3.98. The number of nitro groups is 1. The molecule has 1 aliphatic rings. The Labute approximate surface area is 116 Å². The molecule has 1 fully saturated rings. The van der Waals surface area contributed by atoms with Gasteiger partial charge in [-0.15, -0.1) is 0 Å². The Hall–Kier alpha value is -1.36. The summed E-state index contributed by atoms with van der Waals surface area (Å²) < 4.78 is 13.3. The van der Waals surface area contributed by atoms with Gasteiger partial charge in [-0.3, -0.25) is 10.1 Å². The lowest BCUT2D eigenvalue weighted by Crippen LogP contribution is -2.21. The fourth-order valence-corrected chi connectivity index (χ4v) is 2.38. The fourth-order valence-electron chi connectivity index (χ4n) is 2.22. The number of anilines is 1. The quantitative estimate of drug-likeness (QED) is 0.651. The first-order valence-corrected chi connectivity index (χ1v) is 6.61. The lowest BCUT2D eigenvalue weighted by molar-refractivity contribution is -0.384. The summed E-state index contributed by atoms with van der Waals surface area (Å²) in [5.74, 6) is -0.265. The molecule has 0 saturated heterocycles. The van der Waals surface area contributed by atoms with Crippen LogP contribution in [0.4, 0.5) is 15.8 Å². The van der Waals surface area contributed by atoms with Gasteiger partial charge in [0.15, 0.2) is 0 Å². The van der Waals surface area contributed by atoms with Gasteiger partial charge in [-0.1, -0.05) is 25.4 Å². The molecule has 0 spiro atoms. The summed E-state index contributed by atoms with van der Waals surface area (Å²) in [6, 6.07) is 2.14. The number of halogens is 2. The summed E-state index contributed by atoms with van der Waals surface area (Å²) in [6.07, 6.45) is 2.22. The Bertz CT molecular complexity index is 516. The molecule has 0 amide bonds. The summed E-state index contributed by atoms with van der Waals surface area (Å²) in [4.78, 5) is 10.3. The molecule has 0 heterocycles. The molecular formula is C13H16ClFN2O2. The molecule has 6 heteroatoms. The van der Waals surface area contributed by atoms with Crippen molar-refractivity contribution in [1.82, 2.24) is 0 Å². The molecule has 1 aliphatic carbocycles. The number of benzene rings is 1. The van der Waals surface area contributed by atoms with Crippen LogP contribution < -0.4 is 5.32 Å². The Balaban J connectivity index is 2.20. The Morgan fingerprint density at radius 2 is 2.16 bits per heavy atom. The van der Waals surface area contributed by atoms with Gasteiger partial charge in [-0.2, -0.15) is 0 Å². The predicted octanol–water partition coefficient (Wildman–Crippen LogP) is 4.24. The molecule has 1 saturated carbocycles. The standard InChI is InChI=1S/C13H16ClFN2O2/c1-8(2)13(3-4-13)7-16-11-5-9(14)10(15)6-12(11)17(18)19/h5-6,8,16H,3-4,7H2,1-2H3. The smallest absolute Gasteiger partial charge is 0.295 e. The normalized spacial score (nSPS) is 16.5. The van der Waals surface area contributed by atoms with Gasteiger partial charge in [0.05, 0.1) is 16.0 Å². The van der Waals surface area contributed by atoms with E-state index in [1.165, 1.54) is 6.07 Å². The molecule has 0 bridgehead atoms. The van der Waals surface area contributed by atoms with Crippen molar-refractivity contribution >= 4 is 23.0 Å². The summed E-state index contributed by atoms with van der Waals surface area (Å²) in [5, 5.41) is 13.9. The van der Waals surface area contributed by atoms with Crippen molar-refractivity contribution in [2.24, 2.45) is 11.3 Å². The van der Waals surface area contributed by atoms with Crippen LogP contribution in [0.15, 0.2) is 12.1 Å². The van der Waals surface area contributed by atoms with E-state index in [-0.39, 0.29) is 21.8 Å². The van der Waals surface area contributed by atoms with E-state index < -0.39 is 10.7 Å². The van der Waals surface area contributed by atoms with Crippen molar-refractivity contribution in [2.45, 2.75) is 26.7 Å². The fraction of sp³-hybridized carbons (Fsp3) is 0.538. The van der Waals surface area contributed by atoms with Gasteiger partial charge in [0.25, 0.3) is 5.69 Å². The van der Waals surface area contributed by atoms with Crippen LogP contribution in [-0.4, -0.2) is 11.5 Å². The van der Waals surface area contributed by atoms with Crippen LogP contribution >= 0.6 is 11.6 Å². The molecule has 0 atom stereocenters. The minimum atomic E-state index is -0.774. The van der Waals surface area contributed by atoms with E-state index in [0.717, 1.165) is 18.9 Å². The van der Waals surface area contributed by atoms with Gasteiger partial charge < -0.3 is 5.32 Å². The lowest BCUT2D eigenvalue weighted by Gasteiger charge is -2.20. The van der Waals surface area contributed by atoms with Gasteiger partial charge in [-0.25, -0.2) is 4.39 Å². The maximum Gasteiger partial charge on any atom is 0.295 e. The zero-order chi connectivity index (χ0) is 14.2. The molecule has 4 nitrogen and oxygen atoms in total. The Morgan fingerprint density at radius 1 is 1.53 bits per heavy atom. The second kappa shape index (κ2) is 4.96. The van der Waals surface area contributed by atoms with Crippen molar-refractivity contribution in [3.63, 3.8) is 0 Å². The van der Waals surface area contributed by atoms with Crippen molar-refractivity contribution in [1.29, 1.82) is 0 Å². The summed E-state index contributed by atoms with van der Waals surface area (Å²) in [6.45, 7) is 4.93. The Morgan fingerprint density at radius 3 is 2.63 bits per heavy atom. The minimum absolute atomic E-state index is 0.109. The first-order chi connectivity index (χ1) is 8.85. The van der Waals surface area contributed by atoms with E-state index in [1.54, 1.807) is 0 Å². The third kappa shape index (κ3) is 2.81. The number of nitrogens with zero attached hydrogens (tertiary/aromatic N) is 1. The molecule has 19 heavy (non-hydrogen) atoms. The molecule has 0 unspecified atom stereocenters. The molecule has 1 aromatic carbocycles. The molecule has 0 radical (unpaired) electrons. The highest BCUT2D eigenvalue weighted by atomic mass is 35.5. The van der Waals surface area contributed by atoms with Crippen LogP contribution in [0.5, 0.6) is 0 Å². The Kier molecular flexibility index (Phi) is 3.67. The van der Waals surface area contributed by atoms with E-state index >= 15 is 0 Å². The van der Waals surface area contributed by atoms with Crippen LogP contribution in [0.25, 0.3) is 0 Å². The van der Waals surface area contributed by atoms with Crippen LogP contribution in [0, 0.1) is 27.3 Å². The van der Waals surface area contributed by atoms with Crippen LogP contribution in [0.3, 0.4) is 0 Å². The van der Waals surface area contributed by atoms with E-state index in [9.17, 15) is 14.5 Å². The number of nitro benzene ring substituents is 1. The van der Waals surface area contributed by atoms with Crippen molar-refractivity contribution < 1.29 is 9.31 Å². The van der Waals surface area contributed by atoms with Crippen LogP contribution in [-0.2, 0) is 0 Å². The zero-order valence-electron chi connectivity index (χ0n) is 10.9. The molecule has 0 aromatic heterocycles. The van der Waals surface area contributed by atoms with Crippen molar-refractivity contribution in [3.8, 4) is 0 Å². The van der Waals surface area contributed by atoms with E-state index in [0.29, 0.717) is 12.5 Å². The van der Waals surface area contributed by atoms with E-state index in [4.69, 9.17) is 11.6 Å².